The van der Waals surface area contributed by atoms with Crippen LogP contribution in [0.5, 0.6) is 0 Å². The van der Waals surface area contributed by atoms with Gasteiger partial charge in [-0.15, -0.1) is 11.8 Å². The molecule has 1 aromatic heterocycles. The Morgan fingerprint density at radius 1 is 1.43 bits per heavy atom. The van der Waals surface area contributed by atoms with E-state index in [-0.39, 0.29) is 11.4 Å². The van der Waals surface area contributed by atoms with Crippen molar-refractivity contribution in [2.45, 2.75) is 37.2 Å². The van der Waals surface area contributed by atoms with Crippen LogP contribution in [0.2, 0.25) is 0 Å². The number of hydrogen-bond donors (Lipinski definition) is 2. The van der Waals surface area contributed by atoms with Crippen molar-refractivity contribution in [2.24, 2.45) is 0 Å². The van der Waals surface area contributed by atoms with Crippen molar-refractivity contribution in [1.82, 2.24) is 9.97 Å². The molecule has 2 atom stereocenters. The second-order valence-corrected chi connectivity index (χ2v) is 4.62. The van der Waals surface area contributed by atoms with Gasteiger partial charge in [-0.2, -0.15) is 0 Å². The predicted molar refractivity (Wildman–Crippen MR) is 58.2 cm³/mol. The Morgan fingerprint density at radius 2 is 2.07 bits per heavy atom. The maximum Gasteiger partial charge on any atom is 0.130 e. The van der Waals surface area contributed by atoms with E-state index in [0.29, 0.717) is 5.82 Å². The van der Waals surface area contributed by atoms with E-state index >= 15 is 0 Å². The molecule has 0 aliphatic carbocycles. The third-order valence-electron chi connectivity index (χ3n) is 2.05. The number of aliphatic hydroxyl groups excluding tert-OH is 1. The van der Waals surface area contributed by atoms with Crippen LogP contribution in [0.25, 0.3) is 0 Å². The van der Waals surface area contributed by atoms with Crippen LogP contribution in [0.4, 0.5) is 5.82 Å². The number of nitrogens with two attached hydrogens (primary N) is 1. The molecule has 1 heterocycles. The van der Waals surface area contributed by atoms with Crippen molar-refractivity contribution in [1.29, 1.82) is 0 Å². The molecule has 0 aliphatic heterocycles. The van der Waals surface area contributed by atoms with E-state index in [4.69, 9.17) is 5.73 Å². The molecule has 5 heteroatoms. The van der Waals surface area contributed by atoms with Crippen LogP contribution in [-0.2, 0) is 0 Å². The number of nitrogens with zero attached hydrogens (tertiary/aromatic N) is 2. The molecule has 0 amide bonds. The minimum absolute atomic E-state index is 0.1000. The highest BCUT2D eigenvalue weighted by molar-refractivity contribution is 7.99. The Labute approximate surface area is 88.0 Å². The lowest BCUT2D eigenvalue weighted by molar-refractivity contribution is 0.196. The first-order valence-electron chi connectivity index (χ1n) is 4.44. The third-order valence-corrected chi connectivity index (χ3v) is 3.45. The highest BCUT2D eigenvalue weighted by atomic mass is 32.2. The molecule has 3 N–H and O–H groups in total. The van der Waals surface area contributed by atoms with Crippen molar-refractivity contribution >= 4 is 17.6 Å². The number of aromatic nitrogens is 2. The van der Waals surface area contributed by atoms with E-state index in [1.54, 1.807) is 6.92 Å². The van der Waals surface area contributed by atoms with Gasteiger partial charge in [-0.3, -0.25) is 0 Å². The summed E-state index contributed by atoms with van der Waals surface area (Å²) in [4.78, 5) is 8.00. The first-order chi connectivity index (χ1) is 6.52. The average molecular weight is 213 g/mol. The molecule has 4 nitrogen and oxygen atoms in total. The zero-order valence-corrected chi connectivity index (χ0v) is 9.38. The van der Waals surface area contributed by atoms with Gasteiger partial charge in [0.25, 0.3) is 0 Å². The summed E-state index contributed by atoms with van der Waals surface area (Å²) in [5.74, 6) is 0.500. The van der Waals surface area contributed by atoms with Gasteiger partial charge in [0.2, 0.25) is 0 Å². The molecule has 0 saturated heterocycles. The Bertz CT molecular complexity index is 317. The van der Waals surface area contributed by atoms with Gasteiger partial charge < -0.3 is 10.8 Å². The summed E-state index contributed by atoms with van der Waals surface area (Å²) in [6, 6.07) is 0. The van der Waals surface area contributed by atoms with Crippen LogP contribution < -0.4 is 5.73 Å². The normalized spacial score (nSPS) is 15.1. The molecule has 1 aromatic rings. The van der Waals surface area contributed by atoms with Gasteiger partial charge in [0.05, 0.1) is 6.10 Å². The second kappa shape index (κ2) is 4.61. The lowest BCUT2D eigenvalue weighted by Crippen LogP contribution is -2.15. The molecule has 0 radical (unpaired) electrons. The maximum atomic E-state index is 9.35. The van der Waals surface area contributed by atoms with Crippen LogP contribution in [-0.4, -0.2) is 26.4 Å². The topological polar surface area (TPSA) is 72.0 Å². The number of thioether (sulfide) groups is 1. The Kier molecular flexibility index (Phi) is 3.71. The van der Waals surface area contributed by atoms with Crippen LogP contribution in [0, 0.1) is 6.92 Å². The molecule has 0 fully saturated rings. The Balaban J connectivity index is 2.82. The monoisotopic (exact) mass is 213 g/mol. The lowest BCUT2D eigenvalue weighted by Gasteiger charge is -2.14. The second-order valence-electron chi connectivity index (χ2n) is 3.25. The number of anilines is 1. The lowest BCUT2D eigenvalue weighted by atomic mass is 10.3. The van der Waals surface area contributed by atoms with Crippen molar-refractivity contribution in [3.05, 3.63) is 11.9 Å². The Hall–Kier alpha value is -0.810. The smallest absolute Gasteiger partial charge is 0.130 e. The number of aliphatic hydroxyl groups is 1. The summed E-state index contributed by atoms with van der Waals surface area (Å²) in [7, 11) is 0. The minimum Gasteiger partial charge on any atom is -0.392 e. The van der Waals surface area contributed by atoms with Gasteiger partial charge in [-0.05, 0) is 13.8 Å². The zero-order valence-electron chi connectivity index (χ0n) is 8.56. The number of nitrogen functional groups attached to an aromatic ring is 1. The Morgan fingerprint density at radius 3 is 2.64 bits per heavy atom. The van der Waals surface area contributed by atoms with Crippen molar-refractivity contribution in [3.8, 4) is 0 Å². The molecule has 1 rings (SSSR count). The molecule has 78 valence electrons. The van der Waals surface area contributed by atoms with Crippen molar-refractivity contribution < 1.29 is 5.11 Å². The summed E-state index contributed by atoms with van der Waals surface area (Å²) < 4.78 is 0. The van der Waals surface area contributed by atoms with Crippen LogP contribution in [0.15, 0.2) is 11.4 Å². The van der Waals surface area contributed by atoms with E-state index in [0.717, 1.165) is 10.6 Å². The summed E-state index contributed by atoms with van der Waals surface area (Å²) in [5.41, 5.74) is 6.53. The molecular formula is C9H15N3OS. The third kappa shape index (κ3) is 2.59. The molecule has 0 aliphatic rings. The number of rotatable bonds is 3. The van der Waals surface area contributed by atoms with Crippen LogP contribution in [0.1, 0.15) is 19.4 Å². The maximum absolute atomic E-state index is 9.35. The summed E-state index contributed by atoms with van der Waals surface area (Å²) in [5, 5.41) is 10.3. The molecule has 0 bridgehead atoms. The van der Waals surface area contributed by atoms with E-state index < -0.39 is 0 Å². The fourth-order valence-corrected chi connectivity index (χ4v) is 1.78. The largest absolute Gasteiger partial charge is 0.392 e. The highest BCUT2D eigenvalue weighted by Crippen LogP contribution is 2.27. The van der Waals surface area contributed by atoms with E-state index in [1.165, 1.54) is 18.1 Å². The van der Waals surface area contributed by atoms with Crippen LogP contribution in [0.3, 0.4) is 0 Å². The van der Waals surface area contributed by atoms with Crippen molar-refractivity contribution in [2.75, 3.05) is 5.73 Å². The van der Waals surface area contributed by atoms with Crippen molar-refractivity contribution in [3.63, 3.8) is 0 Å². The fourth-order valence-electron chi connectivity index (χ4n) is 0.840. The first kappa shape index (κ1) is 11.3. The van der Waals surface area contributed by atoms with Gasteiger partial charge in [-0.1, -0.05) is 6.92 Å². The minimum atomic E-state index is -0.365. The summed E-state index contributed by atoms with van der Waals surface area (Å²) in [6.07, 6.45) is 1.08. The molecule has 0 aromatic carbocycles. The summed E-state index contributed by atoms with van der Waals surface area (Å²) >= 11 is 1.51. The predicted octanol–water partition coefficient (Wildman–Crippen LogP) is 1.23. The van der Waals surface area contributed by atoms with E-state index in [2.05, 4.69) is 9.97 Å². The fraction of sp³-hybridized carbons (Fsp3) is 0.556. The first-order valence-corrected chi connectivity index (χ1v) is 5.32. The summed E-state index contributed by atoms with van der Waals surface area (Å²) in [6.45, 7) is 5.59. The average Bonchev–Trinajstić information content (AvgIpc) is 2.12. The van der Waals surface area contributed by atoms with Gasteiger partial charge in [0.15, 0.2) is 0 Å². The van der Waals surface area contributed by atoms with Gasteiger partial charge in [0, 0.05) is 10.8 Å². The molecule has 0 saturated carbocycles. The molecular weight excluding hydrogens is 198 g/mol. The molecule has 14 heavy (non-hydrogen) atoms. The zero-order chi connectivity index (χ0) is 10.7. The van der Waals surface area contributed by atoms with Gasteiger partial charge >= 0.3 is 0 Å². The highest BCUT2D eigenvalue weighted by Gasteiger charge is 2.13. The standard InChI is InChI=1S/C9H15N3OS/c1-5-8(10)11-4-12-9(5)14-7(3)6(2)13/h4,6-7,13H,1-3H3,(H2,10,11,12). The van der Waals surface area contributed by atoms with Crippen LogP contribution >= 0.6 is 11.8 Å². The van der Waals surface area contributed by atoms with Gasteiger partial charge in [0.1, 0.15) is 17.2 Å². The molecule has 2 unspecified atom stereocenters. The van der Waals surface area contributed by atoms with Gasteiger partial charge in [-0.25, -0.2) is 9.97 Å². The van der Waals surface area contributed by atoms with E-state index in [1.807, 2.05) is 13.8 Å². The quantitative estimate of drug-likeness (QED) is 0.583. The number of hydrogen-bond acceptors (Lipinski definition) is 5. The van der Waals surface area contributed by atoms with E-state index in [9.17, 15) is 5.11 Å². The SMILES string of the molecule is Cc1c(N)ncnc1SC(C)C(C)O. The molecule has 0 spiro atoms.